The van der Waals surface area contributed by atoms with Crippen LogP contribution in [0.1, 0.15) is 54.9 Å². The van der Waals surface area contributed by atoms with Gasteiger partial charge in [-0.2, -0.15) is 0 Å². The molecule has 1 aliphatic heterocycles. The Balaban J connectivity index is 2.60. The largest absolute Gasteiger partial charge is 0.519 e. The maximum atomic E-state index is 6.28. The molecule has 0 aromatic heterocycles. The minimum absolute atomic E-state index is 0.0917. The molecule has 0 saturated heterocycles. The molecule has 1 atom stereocenters. The molecule has 0 aliphatic carbocycles. The van der Waals surface area contributed by atoms with Gasteiger partial charge < -0.3 is 13.9 Å². The van der Waals surface area contributed by atoms with Crippen LogP contribution in [0, 0.1) is 0 Å². The first-order valence-corrected chi connectivity index (χ1v) is 10.4. The van der Waals surface area contributed by atoms with Crippen molar-refractivity contribution in [3.8, 4) is 0 Å². The zero-order valence-corrected chi connectivity index (χ0v) is 15.7. The van der Waals surface area contributed by atoms with Crippen LogP contribution in [0.4, 0.5) is 0 Å². The molecular formula is C16H32O3Si. The Bertz CT molecular complexity index is 372. The zero-order chi connectivity index (χ0) is 15.8. The lowest BCUT2D eigenvalue weighted by atomic mass is 10.1. The summed E-state index contributed by atoms with van der Waals surface area (Å²) in [5, 5.41) is 0.184. The fraction of sp³-hybridized carbons (Fsp3) is 0.875. The summed E-state index contributed by atoms with van der Waals surface area (Å²) in [6.07, 6.45) is 0.994. The Kier molecular flexibility index (Phi) is 5.02. The van der Waals surface area contributed by atoms with E-state index in [0.717, 1.165) is 12.4 Å². The molecule has 0 fully saturated rings. The third-order valence-corrected chi connectivity index (χ3v) is 8.32. The second kappa shape index (κ2) is 5.72. The van der Waals surface area contributed by atoms with E-state index in [1.165, 1.54) is 5.57 Å². The molecule has 1 aliphatic rings. The van der Waals surface area contributed by atoms with Crippen LogP contribution in [0.3, 0.4) is 0 Å². The topological polar surface area (TPSA) is 27.7 Å². The number of hydrogen-bond donors (Lipinski definition) is 0. The average Bonchev–Trinajstić information content (AvgIpc) is 2.53. The normalized spacial score (nSPS) is 21.1. The van der Waals surface area contributed by atoms with Gasteiger partial charge in [0.15, 0.2) is 0 Å². The van der Waals surface area contributed by atoms with E-state index in [4.69, 9.17) is 13.9 Å². The van der Waals surface area contributed by atoms with Gasteiger partial charge in [-0.1, -0.05) is 20.8 Å². The van der Waals surface area contributed by atoms with Gasteiger partial charge >= 0.3 is 0 Å². The number of ether oxygens (including phenoxy) is 2. The van der Waals surface area contributed by atoms with E-state index in [0.29, 0.717) is 6.61 Å². The Labute approximate surface area is 125 Å². The van der Waals surface area contributed by atoms with E-state index in [2.05, 4.69) is 61.6 Å². The number of hydrogen-bond acceptors (Lipinski definition) is 3. The van der Waals surface area contributed by atoms with Crippen LogP contribution in [0.25, 0.3) is 0 Å². The standard InChI is InChI=1S/C16H32O3Si/c1-12-10-13(11-17-15(2,3)4)18-14(12)19-20(8,9)16(5,6)7/h13H,10-11H2,1-9H3/t13-/m1/s1. The van der Waals surface area contributed by atoms with E-state index in [-0.39, 0.29) is 16.7 Å². The molecule has 0 bridgehead atoms. The van der Waals surface area contributed by atoms with Crippen LogP contribution < -0.4 is 0 Å². The SMILES string of the molecule is CC1=C(O[Si](C)(C)C(C)(C)C)O[C@@H](COC(C)(C)C)C1. The predicted octanol–water partition coefficient (Wildman–Crippen LogP) is 4.84. The lowest BCUT2D eigenvalue weighted by Gasteiger charge is -2.36. The molecule has 3 nitrogen and oxygen atoms in total. The summed E-state index contributed by atoms with van der Waals surface area (Å²) < 4.78 is 18.1. The fourth-order valence-corrected chi connectivity index (χ4v) is 2.64. The smallest absolute Gasteiger partial charge is 0.264 e. The molecule has 0 unspecified atom stereocenters. The quantitative estimate of drug-likeness (QED) is 0.695. The Morgan fingerprint density at radius 1 is 1.15 bits per heavy atom. The van der Waals surface area contributed by atoms with Gasteiger partial charge in [0.2, 0.25) is 0 Å². The van der Waals surface area contributed by atoms with Crippen molar-refractivity contribution < 1.29 is 13.9 Å². The lowest BCUT2D eigenvalue weighted by molar-refractivity contribution is -0.0621. The van der Waals surface area contributed by atoms with Gasteiger partial charge in [0, 0.05) is 12.0 Å². The molecule has 1 heterocycles. The lowest BCUT2D eigenvalue weighted by Crippen LogP contribution is -2.40. The van der Waals surface area contributed by atoms with Crippen LogP contribution in [-0.4, -0.2) is 26.6 Å². The summed E-state index contributed by atoms with van der Waals surface area (Å²) in [4.78, 5) is 0. The summed E-state index contributed by atoms with van der Waals surface area (Å²) in [6, 6.07) is 0. The molecule has 1 rings (SSSR count). The van der Waals surface area contributed by atoms with Crippen molar-refractivity contribution in [3.63, 3.8) is 0 Å². The van der Waals surface area contributed by atoms with Gasteiger partial charge in [-0.05, 0) is 45.8 Å². The predicted molar refractivity (Wildman–Crippen MR) is 86.2 cm³/mol. The van der Waals surface area contributed by atoms with Gasteiger partial charge in [-0.25, -0.2) is 0 Å². The molecule has 0 N–H and O–H groups in total. The minimum Gasteiger partial charge on any atom is -0.519 e. The van der Waals surface area contributed by atoms with Gasteiger partial charge in [0.1, 0.15) is 6.10 Å². The summed E-state index contributed by atoms with van der Waals surface area (Å²) >= 11 is 0. The summed E-state index contributed by atoms with van der Waals surface area (Å²) in [7, 11) is -1.82. The first kappa shape index (κ1) is 17.6. The summed E-state index contributed by atoms with van der Waals surface area (Å²) in [6.45, 7) is 20.1. The zero-order valence-electron chi connectivity index (χ0n) is 14.7. The molecule has 0 aromatic rings. The van der Waals surface area contributed by atoms with Crippen molar-refractivity contribution >= 4 is 8.32 Å². The molecule has 0 radical (unpaired) electrons. The third kappa shape index (κ3) is 4.81. The fourth-order valence-electron chi connectivity index (χ4n) is 1.65. The molecular weight excluding hydrogens is 268 g/mol. The Morgan fingerprint density at radius 3 is 2.15 bits per heavy atom. The van der Waals surface area contributed by atoms with Crippen molar-refractivity contribution in [1.82, 2.24) is 0 Å². The van der Waals surface area contributed by atoms with E-state index in [1.807, 2.05) is 0 Å². The second-order valence-electron chi connectivity index (χ2n) is 8.30. The van der Waals surface area contributed by atoms with Gasteiger partial charge in [0.25, 0.3) is 14.3 Å². The van der Waals surface area contributed by atoms with Crippen molar-refractivity contribution in [3.05, 3.63) is 11.5 Å². The van der Waals surface area contributed by atoms with Crippen LogP contribution in [-0.2, 0) is 13.9 Å². The van der Waals surface area contributed by atoms with Crippen molar-refractivity contribution in [2.24, 2.45) is 0 Å². The average molecular weight is 301 g/mol. The summed E-state index contributed by atoms with van der Waals surface area (Å²) in [5.41, 5.74) is 1.08. The van der Waals surface area contributed by atoms with E-state index >= 15 is 0 Å². The van der Waals surface area contributed by atoms with Gasteiger partial charge in [-0.3, -0.25) is 0 Å². The molecule has 20 heavy (non-hydrogen) atoms. The van der Waals surface area contributed by atoms with Crippen LogP contribution in [0.5, 0.6) is 0 Å². The number of rotatable bonds is 4. The van der Waals surface area contributed by atoms with Crippen LogP contribution in [0.2, 0.25) is 18.1 Å². The van der Waals surface area contributed by atoms with Gasteiger partial charge in [0.05, 0.1) is 12.2 Å². The molecule has 0 spiro atoms. The summed E-state index contributed by atoms with van der Waals surface area (Å²) in [5.74, 6) is 0.749. The van der Waals surface area contributed by atoms with E-state index < -0.39 is 8.32 Å². The van der Waals surface area contributed by atoms with Crippen LogP contribution >= 0.6 is 0 Å². The van der Waals surface area contributed by atoms with Crippen molar-refractivity contribution in [1.29, 1.82) is 0 Å². The van der Waals surface area contributed by atoms with E-state index in [9.17, 15) is 0 Å². The van der Waals surface area contributed by atoms with Gasteiger partial charge in [-0.15, -0.1) is 0 Å². The van der Waals surface area contributed by atoms with Crippen LogP contribution in [0.15, 0.2) is 11.5 Å². The second-order valence-corrected chi connectivity index (χ2v) is 13.0. The Hall–Kier alpha value is -0.483. The maximum Gasteiger partial charge on any atom is 0.264 e. The highest BCUT2D eigenvalue weighted by Gasteiger charge is 2.41. The Morgan fingerprint density at radius 2 is 1.70 bits per heavy atom. The highest BCUT2D eigenvalue weighted by atomic mass is 28.4. The van der Waals surface area contributed by atoms with E-state index in [1.54, 1.807) is 0 Å². The third-order valence-electron chi connectivity index (χ3n) is 4.01. The highest BCUT2D eigenvalue weighted by molar-refractivity contribution is 6.74. The molecule has 118 valence electrons. The molecule has 0 aromatic carbocycles. The minimum atomic E-state index is -1.82. The molecule has 0 saturated carbocycles. The first-order valence-electron chi connectivity index (χ1n) is 7.51. The highest BCUT2D eigenvalue weighted by Crippen LogP contribution is 2.40. The molecule has 0 amide bonds. The van der Waals surface area contributed by atoms with Crippen molar-refractivity contribution in [2.45, 2.75) is 84.7 Å². The maximum absolute atomic E-state index is 6.28. The monoisotopic (exact) mass is 300 g/mol. The van der Waals surface area contributed by atoms with Crippen molar-refractivity contribution in [2.75, 3.05) is 6.61 Å². The first-order chi connectivity index (χ1) is 8.82. The molecule has 4 heteroatoms.